The van der Waals surface area contributed by atoms with Crippen LogP contribution in [-0.4, -0.2) is 40.4 Å². The number of rotatable bonds is 3. The number of pyridine rings is 1. The molecule has 0 unspecified atom stereocenters. The Morgan fingerprint density at radius 2 is 1.64 bits per heavy atom. The molecule has 0 N–H and O–H groups in total. The molecule has 5 heteroatoms. The fourth-order valence-electron chi connectivity index (χ4n) is 5.53. The predicted molar refractivity (Wildman–Crippen MR) is 127 cm³/mol. The van der Waals surface area contributed by atoms with Gasteiger partial charge >= 0.3 is 0 Å². The van der Waals surface area contributed by atoms with Crippen molar-refractivity contribution < 1.29 is 14.4 Å². The maximum absolute atomic E-state index is 13.2. The minimum absolute atomic E-state index is 0.0313. The summed E-state index contributed by atoms with van der Waals surface area (Å²) in [5.41, 5.74) is 4.15. The van der Waals surface area contributed by atoms with E-state index in [1.165, 1.54) is 0 Å². The van der Waals surface area contributed by atoms with Gasteiger partial charge in [0.15, 0.2) is 0 Å². The lowest BCUT2D eigenvalue weighted by Crippen LogP contribution is -2.43. The highest BCUT2D eigenvalue weighted by atomic mass is 16.2. The van der Waals surface area contributed by atoms with Crippen LogP contribution in [0, 0.1) is 37.5 Å². The molecule has 2 aromatic rings. The third-order valence-electron chi connectivity index (χ3n) is 7.10. The number of hydrogen-bond acceptors (Lipinski definition) is 4. The molecule has 1 aliphatic carbocycles. The predicted octanol–water partition coefficient (Wildman–Crippen LogP) is 4.25. The van der Waals surface area contributed by atoms with Crippen LogP contribution in [0.25, 0.3) is 0 Å². The first-order valence-corrected chi connectivity index (χ1v) is 11.7. The molecule has 2 fully saturated rings. The van der Waals surface area contributed by atoms with Crippen molar-refractivity contribution in [2.24, 2.45) is 11.8 Å². The molecule has 2 aliphatic rings. The van der Waals surface area contributed by atoms with Gasteiger partial charge in [-0.2, -0.15) is 0 Å². The second-order valence-electron chi connectivity index (χ2n) is 9.28. The number of ketones is 2. The molecule has 0 bridgehead atoms. The van der Waals surface area contributed by atoms with Gasteiger partial charge in [-0.15, -0.1) is 5.92 Å². The van der Waals surface area contributed by atoms with Gasteiger partial charge in [0.2, 0.25) is 0 Å². The van der Waals surface area contributed by atoms with Crippen molar-refractivity contribution in [1.82, 2.24) is 9.88 Å². The van der Waals surface area contributed by atoms with E-state index < -0.39 is 5.92 Å². The number of carbonyl (C=O) groups excluding carboxylic acids is 3. The molecule has 0 radical (unpaired) electrons. The zero-order valence-corrected chi connectivity index (χ0v) is 19.6. The molecular weight excluding hydrogens is 412 g/mol. The van der Waals surface area contributed by atoms with E-state index in [4.69, 9.17) is 0 Å². The molecule has 1 aliphatic heterocycles. The SMILES string of the molecule is CC#Cc1cc(C)c(C2C(=O)CC(C3CCN(C(=O)c4ccccn4)CC3)CC2=O)c(C)c1. The van der Waals surface area contributed by atoms with Gasteiger partial charge in [0.1, 0.15) is 23.2 Å². The van der Waals surface area contributed by atoms with Gasteiger partial charge in [-0.3, -0.25) is 19.4 Å². The third-order valence-corrected chi connectivity index (χ3v) is 7.10. The molecule has 1 saturated carbocycles. The summed E-state index contributed by atoms with van der Waals surface area (Å²) >= 11 is 0. The van der Waals surface area contributed by atoms with Crippen molar-refractivity contribution in [3.63, 3.8) is 0 Å². The fourth-order valence-corrected chi connectivity index (χ4v) is 5.53. The van der Waals surface area contributed by atoms with Crippen molar-refractivity contribution >= 4 is 17.5 Å². The van der Waals surface area contributed by atoms with E-state index >= 15 is 0 Å². The van der Waals surface area contributed by atoms with E-state index in [9.17, 15) is 14.4 Å². The molecule has 1 aromatic heterocycles. The number of nitrogens with zero attached hydrogens (tertiary/aromatic N) is 2. The first-order chi connectivity index (χ1) is 15.9. The molecule has 4 rings (SSSR count). The second kappa shape index (κ2) is 9.70. The highest BCUT2D eigenvalue weighted by Gasteiger charge is 2.41. The number of aromatic nitrogens is 1. The van der Waals surface area contributed by atoms with Crippen LogP contribution in [0.4, 0.5) is 0 Å². The highest BCUT2D eigenvalue weighted by molar-refractivity contribution is 6.10. The highest BCUT2D eigenvalue weighted by Crippen LogP contribution is 2.40. The summed E-state index contributed by atoms with van der Waals surface area (Å²) in [5, 5.41) is 0. The molecule has 0 atom stereocenters. The topological polar surface area (TPSA) is 67.3 Å². The molecule has 170 valence electrons. The number of carbonyl (C=O) groups is 3. The van der Waals surface area contributed by atoms with Crippen molar-refractivity contribution in [2.45, 2.75) is 52.4 Å². The summed E-state index contributed by atoms with van der Waals surface area (Å²) in [7, 11) is 0. The first-order valence-electron chi connectivity index (χ1n) is 11.7. The molecule has 0 spiro atoms. The number of Topliss-reactive ketones (excluding diaryl/α,β-unsaturated/α-hetero) is 2. The summed E-state index contributed by atoms with van der Waals surface area (Å²) < 4.78 is 0. The standard InChI is InChI=1S/C28H30N2O3/c1-4-7-20-14-18(2)26(19(3)15-20)27-24(31)16-22(17-25(27)32)21-9-12-30(13-10-21)28(33)23-8-5-6-11-29-23/h5-6,8,11,14-15,21-22,27H,9-10,12-13,16-17H2,1-3H3. The van der Waals surface area contributed by atoms with Crippen LogP contribution in [-0.2, 0) is 9.59 Å². The van der Waals surface area contributed by atoms with Gasteiger partial charge in [-0.05, 0) is 86.4 Å². The molecule has 5 nitrogen and oxygen atoms in total. The zero-order valence-electron chi connectivity index (χ0n) is 19.6. The molecule has 33 heavy (non-hydrogen) atoms. The average molecular weight is 443 g/mol. The maximum Gasteiger partial charge on any atom is 0.272 e. The van der Waals surface area contributed by atoms with E-state index in [0.717, 1.165) is 35.1 Å². The van der Waals surface area contributed by atoms with Gasteiger partial charge in [0.05, 0.1) is 0 Å². The normalized spacial score (nSPS) is 21.5. The lowest BCUT2D eigenvalue weighted by molar-refractivity contribution is -0.134. The summed E-state index contributed by atoms with van der Waals surface area (Å²) in [6, 6.07) is 9.29. The van der Waals surface area contributed by atoms with E-state index in [0.29, 0.717) is 31.6 Å². The Morgan fingerprint density at radius 1 is 1.00 bits per heavy atom. The van der Waals surface area contributed by atoms with Crippen LogP contribution in [0.1, 0.15) is 71.3 Å². The summed E-state index contributed by atoms with van der Waals surface area (Å²) in [4.78, 5) is 45.1. The van der Waals surface area contributed by atoms with Crippen LogP contribution >= 0.6 is 0 Å². The van der Waals surface area contributed by atoms with Crippen LogP contribution in [0.15, 0.2) is 36.5 Å². The lowest BCUT2D eigenvalue weighted by atomic mass is 9.69. The smallest absolute Gasteiger partial charge is 0.272 e. The van der Waals surface area contributed by atoms with Crippen molar-refractivity contribution in [3.8, 4) is 11.8 Å². The van der Waals surface area contributed by atoms with Gasteiger partial charge in [-0.25, -0.2) is 0 Å². The van der Waals surface area contributed by atoms with Crippen molar-refractivity contribution in [3.05, 3.63) is 64.5 Å². The molecular formula is C28H30N2O3. The van der Waals surface area contributed by atoms with Crippen molar-refractivity contribution in [2.75, 3.05) is 13.1 Å². The van der Waals surface area contributed by atoms with Crippen LogP contribution in [0.5, 0.6) is 0 Å². The Hall–Kier alpha value is -3.26. The molecule has 2 heterocycles. The number of aryl methyl sites for hydroxylation is 2. The Bertz CT molecular complexity index is 1090. The summed E-state index contributed by atoms with van der Waals surface area (Å²) in [5.74, 6) is 5.68. The number of piperidine rings is 1. The maximum atomic E-state index is 13.2. The fraction of sp³-hybridized carbons (Fsp3) is 0.429. The average Bonchev–Trinajstić information content (AvgIpc) is 2.80. The molecule has 1 saturated heterocycles. The third kappa shape index (κ3) is 4.75. The Morgan fingerprint density at radius 3 is 2.18 bits per heavy atom. The van der Waals surface area contributed by atoms with E-state index in [-0.39, 0.29) is 29.3 Å². The van der Waals surface area contributed by atoms with Crippen LogP contribution < -0.4 is 0 Å². The Balaban J connectivity index is 1.42. The van der Waals surface area contributed by atoms with Gasteiger partial charge in [0.25, 0.3) is 5.91 Å². The quantitative estimate of drug-likeness (QED) is 0.526. The Labute approximate surface area is 195 Å². The summed E-state index contributed by atoms with van der Waals surface area (Å²) in [6.45, 7) is 7.00. The van der Waals surface area contributed by atoms with E-state index in [2.05, 4.69) is 16.8 Å². The number of hydrogen-bond donors (Lipinski definition) is 0. The van der Waals surface area contributed by atoms with Crippen LogP contribution in [0.2, 0.25) is 0 Å². The second-order valence-corrected chi connectivity index (χ2v) is 9.28. The molecule has 1 amide bonds. The molecule has 1 aromatic carbocycles. The number of benzene rings is 1. The van der Waals surface area contributed by atoms with E-state index in [1.54, 1.807) is 25.3 Å². The first kappa shape index (κ1) is 22.9. The largest absolute Gasteiger partial charge is 0.337 e. The number of amides is 1. The summed E-state index contributed by atoms with van der Waals surface area (Å²) in [6.07, 6.45) is 4.13. The van der Waals surface area contributed by atoms with Gasteiger partial charge < -0.3 is 4.90 Å². The van der Waals surface area contributed by atoms with Gasteiger partial charge in [0, 0.05) is 37.7 Å². The van der Waals surface area contributed by atoms with E-state index in [1.807, 2.05) is 36.9 Å². The van der Waals surface area contributed by atoms with Gasteiger partial charge in [-0.1, -0.05) is 12.0 Å². The minimum Gasteiger partial charge on any atom is -0.337 e. The minimum atomic E-state index is -0.657. The number of likely N-dealkylation sites (tertiary alicyclic amines) is 1. The van der Waals surface area contributed by atoms with Crippen LogP contribution in [0.3, 0.4) is 0 Å². The van der Waals surface area contributed by atoms with Crippen molar-refractivity contribution in [1.29, 1.82) is 0 Å². The zero-order chi connectivity index (χ0) is 23.5. The Kier molecular flexibility index (Phi) is 6.74. The lowest BCUT2D eigenvalue weighted by Gasteiger charge is -2.38. The monoisotopic (exact) mass is 442 g/mol.